The van der Waals surface area contributed by atoms with Gasteiger partial charge < -0.3 is 16.2 Å². The Morgan fingerprint density at radius 2 is 1.95 bits per heavy atom. The first-order valence-corrected chi connectivity index (χ1v) is 7.30. The molecule has 0 bridgehead atoms. The van der Waals surface area contributed by atoms with E-state index in [0.717, 1.165) is 37.7 Å². The van der Waals surface area contributed by atoms with Crippen LogP contribution in [0, 0.1) is 11.3 Å². The molecule has 1 aromatic rings. The van der Waals surface area contributed by atoms with Crippen LogP contribution in [0.4, 0.5) is 0 Å². The van der Waals surface area contributed by atoms with Crippen LogP contribution in [0.3, 0.4) is 0 Å². The van der Waals surface area contributed by atoms with Crippen molar-refractivity contribution in [3.05, 3.63) is 35.4 Å². The molecule has 5 heteroatoms. The molecule has 1 aromatic carbocycles. The highest BCUT2D eigenvalue weighted by Gasteiger charge is 2.37. The van der Waals surface area contributed by atoms with Crippen LogP contribution in [0.25, 0.3) is 0 Å². The number of hydrogen-bond acceptors (Lipinski definition) is 4. The molecule has 2 rings (SSSR count). The second kappa shape index (κ2) is 6.70. The van der Waals surface area contributed by atoms with E-state index < -0.39 is 11.6 Å². The molecule has 1 amide bonds. The quantitative estimate of drug-likeness (QED) is 0.761. The number of aliphatic hydroxyl groups excluding tert-OH is 1. The number of hydrogen-bond donors (Lipinski definition) is 3. The summed E-state index contributed by atoms with van der Waals surface area (Å²) in [6.45, 7) is 0.273. The van der Waals surface area contributed by atoms with E-state index in [2.05, 4.69) is 5.32 Å². The van der Waals surface area contributed by atoms with Gasteiger partial charge in [-0.2, -0.15) is 5.26 Å². The number of nitriles is 1. The van der Waals surface area contributed by atoms with Crippen molar-refractivity contribution >= 4 is 5.91 Å². The second-order valence-corrected chi connectivity index (χ2v) is 5.64. The first-order chi connectivity index (χ1) is 10.1. The summed E-state index contributed by atoms with van der Waals surface area (Å²) in [6.07, 6.45) is 3.79. The SMILES string of the molecule is N#Cc1ccc(C(O)CNC2(C(N)=O)CCCCC2)cc1. The van der Waals surface area contributed by atoms with Gasteiger partial charge >= 0.3 is 0 Å². The van der Waals surface area contributed by atoms with Crippen molar-refractivity contribution in [3.8, 4) is 6.07 Å². The van der Waals surface area contributed by atoms with E-state index in [4.69, 9.17) is 11.0 Å². The Labute approximate surface area is 124 Å². The lowest BCUT2D eigenvalue weighted by Crippen LogP contribution is -2.57. The molecule has 4 N–H and O–H groups in total. The van der Waals surface area contributed by atoms with Crippen molar-refractivity contribution in [2.24, 2.45) is 5.73 Å². The molecule has 1 unspecified atom stereocenters. The molecule has 1 fully saturated rings. The van der Waals surface area contributed by atoms with E-state index in [1.54, 1.807) is 24.3 Å². The third-order valence-electron chi connectivity index (χ3n) is 4.24. The molecule has 0 heterocycles. The molecule has 112 valence electrons. The van der Waals surface area contributed by atoms with Crippen LogP contribution in [0.5, 0.6) is 0 Å². The Morgan fingerprint density at radius 1 is 1.33 bits per heavy atom. The van der Waals surface area contributed by atoms with Gasteiger partial charge in [0.1, 0.15) is 0 Å². The van der Waals surface area contributed by atoms with Gasteiger partial charge in [0.2, 0.25) is 5.91 Å². The lowest BCUT2D eigenvalue weighted by Gasteiger charge is -2.36. The number of β-amino-alcohol motifs (C(OH)–C–C–N with tert-alkyl or cyclic N) is 1. The number of nitrogens with zero attached hydrogens (tertiary/aromatic N) is 1. The third kappa shape index (κ3) is 3.60. The zero-order chi connectivity index (χ0) is 15.3. The summed E-state index contributed by atoms with van der Waals surface area (Å²) in [7, 11) is 0. The van der Waals surface area contributed by atoms with Gasteiger partial charge in [-0.15, -0.1) is 0 Å². The molecule has 1 atom stereocenters. The fourth-order valence-electron chi connectivity index (χ4n) is 2.86. The van der Waals surface area contributed by atoms with Crippen LogP contribution in [0.1, 0.15) is 49.3 Å². The first kappa shape index (κ1) is 15.5. The number of nitrogens with one attached hydrogen (secondary N) is 1. The molecule has 0 saturated heterocycles. The highest BCUT2D eigenvalue weighted by atomic mass is 16.3. The van der Waals surface area contributed by atoms with Gasteiger partial charge in [0, 0.05) is 6.54 Å². The molecule has 0 spiro atoms. The van der Waals surface area contributed by atoms with Crippen LogP contribution in [0.15, 0.2) is 24.3 Å². The highest BCUT2D eigenvalue weighted by Crippen LogP contribution is 2.28. The van der Waals surface area contributed by atoms with Crippen LogP contribution < -0.4 is 11.1 Å². The fraction of sp³-hybridized carbons (Fsp3) is 0.500. The number of aliphatic hydroxyl groups is 1. The zero-order valence-corrected chi connectivity index (χ0v) is 12.0. The second-order valence-electron chi connectivity index (χ2n) is 5.64. The standard InChI is InChI=1S/C16H21N3O2/c17-10-12-4-6-13(7-5-12)14(20)11-19-16(15(18)21)8-2-1-3-9-16/h4-7,14,19-20H,1-3,8-9,11H2,(H2,18,21). The maximum Gasteiger partial charge on any atom is 0.237 e. The van der Waals surface area contributed by atoms with Crippen LogP contribution in [-0.2, 0) is 4.79 Å². The molecule has 1 aliphatic carbocycles. The van der Waals surface area contributed by atoms with Gasteiger partial charge in [-0.3, -0.25) is 4.79 Å². The van der Waals surface area contributed by atoms with Crippen molar-refractivity contribution in [1.29, 1.82) is 5.26 Å². The van der Waals surface area contributed by atoms with E-state index >= 15 is 0 Å². The predicted molar refractivity (Wildman–Crippen MR) is 79.1 cm³/mol. The summed E-state index contributed by atoms with van der Waals surface area (Å²) in [6, 6.07) is 8.83. The van der Waals surface area contributed by atoms with Crippen LogP contribution in [-0.4, -0.2) is 23.1 Å². The molecule has 5 nitrogen and oxygen atoms in total. The topological polar surface area (TPSA) is 99.1 Å². The Hall–Kier alpha value is -1.90. The normalized spacial score (nSPS) is 18.7. The molecule has 0 aliphatic heterocycles. The van der Waals surface area contributed by atoms with Gasteiger partial charge in [-0.05, 0) is 30.5 Å². The summed E-state index contributed by atoms with van der Waals surface area (Å²) in [5.74, 6) is -0.339. The van der Waals surface area contributed by atoms with E-state index in [0.29, 0.717) is 5.56 Å². The fourth-order valence-corrected chi connectivity index (χ4v) is 2.86. The van der Waals surface area contributed by atoms with E-state index in [-0.39, 0.29) is 12.5 Å². The van der Waals surface area contributed by atoms with Crippen molar-refractivity contribution < 1.29 is 9.90 Å². The molecule has 0 aromatic heterocycles. The molecule has 1 aliphatic rings. The summed E-state index contributed by atoms with van der Waals surface area (Å²) < 4.78 is 0. The summed E-state index contributed by atoms with van der Waals surface area (Å²) >= 11 is 0. The monoisotopic (exact) mass is 287 g/mol. The Balaban J connectivity index is 1.99. The average molecular weight is 287 g/mol. The maximum absolute atomic E-state index is 11.8. The average Bonchev–Trinajstić information content (AvgIpc) is 2.53. The van der Waals surface area contributed by atoms with Crippen molar-refractivity contribution in [2.45, 2.75) is 43.7 Å². The summed E-state index contributed by atoms with van der Waals surface area (Å²) in [5.41, 5.74) is 6.13. The number of nitrogens with two attached hydrogens (primary N) is 1. The smallest absolute Gasteiger partial charge is 0.237 e. The van der Waals surface area contributed by atoms with Crippen molar-refractivity contribution in [3.63, 3.8) is 0 Å². The number of amides is 1. The van der Waals surface area contributed by atoms with Crippen LogP contribution in [0.2, 0.25) is 0 Å². The minimum Gasteiger partial charge on any atom is -0.387 e. The van der Waals surface area contributed by atoms with Gasteiger partial charge in [0.25, 0.3) is 0 Å². The van der Waals surface area contributed by atoms with Crippen LogP contribution >= 0.6 is 0 Å². The van der Waals surface area contributed by atoms with Gasteiger partial charge in [0.15, 0.2) is 0 Å². The highest BCUT2D eigenvalue weighted by molar-refractivity contribution is 5.84. The van der Waals surface area contributed by atoms with E-state index in [9.17, 15) is 9.90 Å². The Bertz CT molecular complexity index is 527. The van der Waals surface area contributed by atoms with Gasteiger partial charge in [0.05, 0.1) is 23.3 Å². The largest absolute Gasteiger partial charge is 0.387 e. The molecule has 1 saturated carbocycles. The van der Waals surface area contributed by atoms with E-state index in [1.165, 1.54) is 0 Å². The third-order valence-corrected chi connectivity index (χ3v) is 4.24. The van der Waals surface area contributed by atoms with Crippen molar-refractivity contribution in [2.75, 3.05) is 6.54 Å². The number of benzene rings is 1. The summed E-state index contributed by atoms with van der Waals surface area (Å²) in [5, 5.41) is 22.1. The molecule has 21 heavy (non-hydrogen) atoms. The zero-order valence-electron chi connectivity index (χ0n) is 12.0. The Morgan fingerprint density at radius 3 is 2.48 bits per heavy atom. The molecular formula is C16H21N3O2. The lowest BCUT2D eigenvalue weighted by molar-refractivity contribution is -0.126. The molecular weight excluding hydrogens is 266 g/mol. The number of carbonyl (C=O) groups excluding carboxylic acids is 1. The number of carbonyl (C=O) groups is 1. The first-order valence-electron chi connectivity index (χ1n) is 7.30. The molecule has 0 radical (unpaired) electrons. The Kier molecular flexibility index (Phi) is 4.94. The number of rotatable bonds is 5. The summed E-state index contributed by atoms with van der Waals surface area (Å²) in [4.78, 5) is 11.8. The predicted octanol–water partition coefficient (Wildman–Crippen LogP) is 1.37. The van der Waals surface area contributed by atoms with Gasteiger partial charge in [-0.25, -0.2) is 0 Å². The minimum atomic E-state index is -0.726. The lowest BCUT2D eigenvalue weighted by atomic mass is 9.81. The maximum atomic E-state index is 11.8. The van der Waals surface area contributed by atoms with Crippen molar-refractivity contribution in [1.82, 2.24) is 5.32 Å². The van der Waals surface area contributed by atoms with Gasteiger partial charge in [-0.1, -0.05) is 31.4 Å². The number of primary amides is 1. The minimum absolute atomic E-state index is 0.273. The van der Waals surface area contributed by atoms with E-state index in [1.807, 2.05) is 6.07 Å².